The second kappa shape index (κ2) is 5.43. The maximum Gasteiger partial charge on any atom is 0.125 e. The second-order valence-electron chi connectivity index (χ2n) is 4.17. The highest BCUT2D eigenvalue weighted by Gasteiger charge is 2.13. The Balaban J connectivity index is 1.90. The molecule has 1 aromatic rings. The molecular formula is C12H17FN2S. The van der Waals surface area contributed by atoms with Crippen LogP contribution in [0, 0.1) is 11.7 Å². The van der Waals surface area contributed by atoms with Crippen molar-refractivity contribution in [1.29, 1.82) is 0 Å². The van der Waals surface area contributed by atoms with Crippen LogP contribution in [0.4, 0.5) is 15.8 Å². The number of nitrogens with two attached hydrogens (primary N) is 1. The smallest absolute Gasteiger partial charge is 0.125 e. The van der Waals surface area contributed by atoms with Crippen molar-refractivity contribution in [2.75, 3.05) is 29.1 Å². The van der Waals surface area contributed by atoms with Crippen LogP contribution in [-0.4, -0.2) is 18.1 Å². The first-order valence-electron chi connectivity index (χ1n) is 5.62. The third kappa shape index (κ3) is 3.04. The fraction of sp³-hybridized carbons (Fsp3) is 0.500. The number of halogens is 1. The number of anilines is 2. The van der Waals surface area contributed by atoms with E-state index in [0.717, 1.165) is 12.2 Å². The first-order chi connectivity index (χ1) is 7.75. The third-order valence-electron chi connectivity index (χ3n) is 2.94. The van der Waals surface area contributed by atoms with Crippen LogP contribution in [0.25, 0.3) is 0 Å². The topological polar surface area (TPSA) is 38.0 Å². The van der Waals surface area contributed by atoms with Crippen molar-refractivity contribution in [3.63, 3.8) is 0 Å². The molecule has 0 bridgehead atoms. The number of nitrogen functional groups attached to an aromatic ring is 1. The molecule has 16 heavy (non-hydrogen) atoms. The van der Waals surface area contributed by atoms with E-state index in [0.29, 0.717) is 11.6 Å². The fourth-order valence-electron chi connectivity index (χ4n) is 1.89. The summed E-state index contributed by atoms with van der Waals surface area (Å²) in [7, 11) is 0. The molecule has 0 spiro atoms. The van der Waals surface area contributed by atoms with Crippen LogP contribution in [0.3, 0.4) is 0 Å². The van der Waals surface area contributed by atoms with Gasteiger partial charge in [-0.3, -0.25) is 0 Å². The van der Waals surface area contributed by atoms with Crippen molar-refractivity contribution in [1.82, 2.24) is 0 Å². The number of rotatable bonds is 3. The summed E-state index contributed by atoms with van der Waals surface area (Å²) in [5.41, 5.74) is 7.11. The number of thioether (sulfide) groups is 1. The Bertz CT molecular complexity index is 351. The van der Waals surface area contributed by atoms with Gasteiger partial charge in [0.2, 0.25) is 0 Å². The van der Waals surface area contributed by atoms with Crippen LogP contribution in [-0.2, 0) is 0 Å². The Morgan fingerprint density at radius 2 is 2.12 bits per heavy atom. The Labute approximate surface area is 99.8 Å². The van der Waals surface area contributed by atoms with Gasteiger partial charge in [0, 0.05) is 6.54 Å². The molecule has 0 radical (unpaired) electrons. The van der Waals surface area contributed by atoms with Gasteiger partial charge in [0.15, 0.2) is 0 Å². The fourth-order valence-corrected chi connectivity index (χ4v) is 3.09. The molecule has 1 aromatic carbocycles. The first-order valence-corrected chi connectivity index (χ1v) is 6.78. The normalized spacial score (nSPS) is 17.3. The largest absolute Gasteiger partial charge is 0.397 e. The molecule has 88 valence electrons. The third-order valence-corrected chi connectivity index (χ3v) is 3.99. The Morgan fingerprint density at radius 3 is 2.88 bits per heavy atom. The van der Waals surface area contributed by atoms with E-state index < -0.39 is 0 Å². The van der Waals surface area contributed by atoms with E-state index in [1.807, 2.05) is 11.8 Å². The lowest BCUT2D eigenvalue weighted by Gasteiger charge is -2.22. The van der Waals surface area contributed by atoms with Gasteiger partial charge in [-0.25, -0.2) is 4.39 Å². The minimum atomic E-state index is -0.240. The molecule has 1 fully saturated rings. The van der Waals surface area contributed by atoms with Crippen LogP contribution in [0.2, 0.25) is 0 Å². The van der Waals surface area contributed by atoms with Crippen molar-refractivity contribution in [3.8, 4) is 0 Å². The zero-order chi connectivity index (χ0) is 11.4. The van der Waals surface area contributed by atoms with Gasteiger partial charge in [-0.2, -0.15) is 11.8 Å². The van der Waals surface area contributed by atoms with Crippen molar-refractivity contribution < 1.29 is 4.39 Å². The van der Waals surface area contributed by atoms with E-state index in [-0.39, 0.29) is 5.82 Å². The predicted molar refractivity (Wildman–Crippen MR) is 69.4 cm³/mol. The molecule has 1 saturated heterocycles. The molecule has 0 saturated carbocycles. The SMILES string of the molecule is Nc1ccc(F)cc1NCC1CCSCC1. The van der Waals surface area contributed by atoms with Crippen molar-refractivity contribution >= 4 is 23.1 Å². The summed E-state index contributed by atoms with van der Waals surface area (Å²) in [5, 5.41) is 3.25. The predicted octanol–water partition coefficient (Wildman–Crippen LogP) is 2.96. The minimum absolute atomic E-state index is 0.240. The molecule has 0 aromatic heterocycles. The highest BCUT2D eigenvalue weighted by Crippen LogP contribution is 2.25. The lowest BCUT2D eigenvalue weighted by atomic mass is 10.0. The van der Waals surface area contributed by atoms with E-state index in [4.69, 9.17) is 5.73 Å². The van der Waals surface area contributed by atoms with Gasteiger partial charge >= 0.3 is 0 Å². The van der Waals surface area contributed by atoms with Gasteiger partial charge in [-0.15, -0.1) is 0 Å². The molecule has 0 amide bonds. The van der Waals surface area contributed by atoms with Crippen LogP contribution >= 0.6 is 11.8 Å². The molecule has 3 N–H and O–H groups in total. The second-order valence-corrected chi connectivity index (χ2v) is 5.39. The van der Waals surface area contributed by atoms with Crippen molar-refractivity contribution in [2.24, 2.45) is 5.92 Å². The number of hydrogen-bond acceptors (Lipinski definition) is 3. The summed E-state index contributed by atoms with van der Waals surface area (Å²) in [6, 6.07) is 4.46. The van der Waals surface area contributed by atoms with E-state index in [2.05, 4.69) is 5.32 Å². The highest BCUT2D eigenvalue weighted by atomic mass is 32.2. The summed E-state index contributed by atoms with van der Waals surface area (Å²) in [6.45, 7) is 0.897. The maximum absolute atomic E-state index is 13.0. The molecule has 2 nitrogen and oxygen atoms in total. The number of benzene rings is 1. The number of hydrogen-bond donors (Lipinski definition) is 2. The van der Waals surface area contributed by atoms with E-state index >= 15 is 0 Å². The molecule has 0 aliphatic carbocycles. The quantitative estimate of drug-likeness (QED) is 0.798. The van der Waals surface area contributed by atoms with E-state index in [9.17, 15) is 4.39 Å². The summed E-state index contributed by atoms with van der Waals surface area (Å²) in [6.07, 6.45) is 2.49. The van der Waals surface area contributed by atoms with Gasteiger partial charge < -0.3 is 11.1 Å². The average molecular weight is 240 g/mol. The molecule has 1 heterocycles. The van der Waals surface area contributed by atoms with Crippen molar-refractivity contribution in [3.05, 3.63) is 24.0 Å². The molecule has 1 aliphatic rings. The maximum atomic E-state index is 13.0. The molecule has 2 rings (SSSR count). The molecular weight excluding hydrogens is 223 g/mol. The molecule has 4 heteroatoms. The lowest BCUT2D eigenvalue weighted by molar-refractivity contribution is 0.516. The summed E-state index contributed by atoms with van der Waals surface area (Å²) in [5.74, 6) is 2.94. The zero-order valence-corrected chi connectivity index (χ0v) is 10.0. The zero-order valence-electron chi connectivity index (χ0n) is 9.21. The van der Waals surface area contributed by atoms with Crippen LogP contribution in [0.5, 0.6) is 0 Å². The summed E-state index contributed by atoms with van der Waals surface area (Å²) in [4.78, 5) is 0. The molecule has 0 unspecified atom stereocenters. The van der Waals surface area contributed by atoms with Gasteiger partial charge in [-0.1, -0.05) is 0 Å². The number of nitrogens with one attached hydrogen (secondary N) is 1. The van der Waals surface area contributed by atoms with Crippen LogP contribution in [0.15, 0.2) is 18.2 Å². The van der Waals surface area contributed by atoms with E-state index in [1.54, 1.807) is 6.07 Å². The Morgan fingerprint density at radius 1 is 1.38 bits per heavy atom. The van der Waals surface area contributed by atoms with E-state index in [1.165, 1.54) is 36.5 Å². The minimum Gasteiger partial charge on any atom is -0.397 e. The van der Waals surface area contributed by atoms with Gasteiger partial charge in [0.25, 0.3) is 0 Å². The Hall–Kier alpha value is -0.900. The van der Waals surface area contributed by atoms with Gasteiger partial charge in [0.05, 0.1) is 11.4 Å². The summed E-state index contributed by atoms with van der Waals surface area (Å²) < 4.78 is 13.0. The molecule has 1 aliphatic heterocycles. The first kappa shape index (κ1) is 11.6. The molecule has 0 atom stereocenters. The highest BCUT2D eigenvalue weighted by molar-refractivity contribution is 7.99. The Kier molecular flexibility index (Phi) is 3.93. The van der Waals surface area contributed by atoms with Crippen LogP contribution in [0.1, 0.15) is 12.8 Å². The van der Waals surface area contributed by atoms with Gasteiger partial charge in [-0.05, 0) is 48.5 Å². The van der Waals surface area contributed by atoms with Gasteiger partial charge in [0.1, 0.15) is 5.82 Å². The van der Waals surface area contributed by atoms with Crippen molar-refractivity contribution in [2.45, 2.75) is 12.8 Å². The average Bonchev–Trinajstić information content (AvgIpc) is 2.32. The summed E-state index contributed by atoms with van der Waals surface area (Å²) >= 11 is 2.01. The monoisotopic (exact) mass is 240 g/mol. The lowest BCUT2D eigenvalue weighted by Crippen LogP contribution is -2.19. The standard InChI is InChI=1S/C12H17FN2S/c13-10-1-2-11(14)12(7-10)15-8-9-3-5-16-6-4-9/h1-2,7,9,15H,3-6,8,14H2. The van der Waals surface area contributed by atoms with Crippen LogP contribution < -0.4 is 11.1 Å².